The van der Waals surface area contributed by atoms with Crippen molar-refractivity contribution in [2.45, 2.75) is 6.92 Å². The number of nitrogens with zero attached hydrogens (tertiary/aromatic N) is 2. The lowest BCUT2D eigenvalue weighted by Crippen LogP contribution is -2.07. The number of anilines is 2. The number of hydrogen-bond acceptors (Lipinski definition) is 4. The summed E-state index contributed by atoms with van der Waals surface area (Å²) in [4.78, 5) is 17.6. The first-order valence-electron chi connectivity index (χ1n) is 7.65. The van der Waals surface area contributed by atoms with Gasteiger partial charge in [0, 0.05) is 38.5 Å². The molecular formula is C19H19N3O2. The topological polar surface area (TPSA) is 58.4 Å². The maximum Gasteiger partial charge on any atom is 0.221 e. The lowest BCUT2D eigenvalue weighted by molar-refractivity contribution is -0.114. The van der Waals surface area contributed by atoms with Gasteiger partial charge < -0.3 is 14.6 Å². The van der Waals surface area contributed by atoms with E-state index in [1.807, 2.05) is 38.4 Å². The van der Waals surface area contributed by atoms with Gasteiger partial charge in [0.2, 0.25) is 11.8 Å². The van der Waals surface area contributed by atoms with Crippen LogP contribution in [0.1, 0.15) is 18.4 Å². The zero-order valence-corrected chi connectivity index (χ0v) is 13.9. The Morgan fingerprint density at radius 2 is 1.88 bits per heavy atom. The maximum atomic E-state index is 11.1. The lowest BCUT2D eigenvalue weighted by Gasteiger charge is -2.11. The van der Waals surface area contributed by atoms with Gasteiger partial charge in [0.15, 0.2) is 5.58 Å². The lowest BCUT2D eigenvalue weighted by atomic mass is 10.2. The molecule has 122 valence electrons. The summed E-state index contributed by atoms with van der Waals surface area (Å²) in [6.45, 7) is 1.47. The van der Waals surface area contributed by atoms with Crippen LogP contribution in [0, 0.1) is 0 Å². The molecule has 0 saturated carbocycles. The zero-order chi connectivity index (χ0) is 17.1. The second kappa shape index (κ2) is 6.58. The number of carbonyl (C=O) groups is 1. The van der Waals surface area contributed by atoms with Crippen molar-refractivity contribution in [1.82, 2.24) is 4.98 Å². The van der Waals surface area contributed by atoms with Crippen LogP contribution < -0.4 is 10.2 Å². The molecule has 0 aliphatic heterocycles. The van der Waals surface area contributed by atoms with E-state index in [9.17, 15) is 4.79 Å². The Balaban J connectivity index is 1.80. The molecule has 1 N–H and O–H groups in total. The molecule has 2 aromatic carbocycles. The standard InChI is InChI=1S/C19H19N3O2/c1-13(23)20-15-7-10-18-17(12-15)21-19(24-18)11-6-14-4-8-16(9-5-14)22(2)3/h4-12H,1-3H3,(H,20,23)/b11-6+. The summed E-state index contributed by atoms with van der Waals surface area (Å²) in [5.41, 5.74) is 4.33. The monoisotopic (exact) mass is 321 g/mol. The molecule has 0 saturated heterocycles. The van der Waals surface area contributed by atoms with E-state index in [0.29, 0.717) is 22.7 Å². The van der Waals surface area contributed by atoms with Crippen molar-refractivity contribution < 1.29 is 9.21 Å². The Kier molecular flexibility index (Phi) is 4.33. The molecule has 5 heteroatoms. The number of aromatic nitrogens is 1. The highest BCUT2D eigenvalue weighted by molar-refractivity contribution is 5.91. The smallest absolute Gasteiger partial charge is 0.221 e. The van der Waals surface area contributed by atoms with Gasteiger partial charge in [-0.05, 0) is 42.0 Å². The van der Waals surface area contributed by atoms with Crippen LogP contribution in [-0.2, 0) is 4.79 Å². The number of rotatable bonds is 4. The predicted octanol–water partition coefficient (Wildman–Crippen LogP) is 4.02. The largest absolute Gasteiger partial charge is 0.437 e. The summed E-state index contributed by atoms with van der Waals surface area (Å²) < 4.78 is 5.69. The zero-order valence-electron chi connectivity index (χ0n) is 13.9. The summed E-state index contributed by atoms with van der Waals surface area (Å²) in [6, 6.07) is 13.6. The predicted molar refractivity (Wildman–Crippen MR) is 98.0 cm³/mol. The third-order valence-corrected chi connectivity index (χ3v) is 3.55. The molecule has 0 fully saturated rings. The van der Waals surface area contributed by atoms with Crippen molar-refractivity contribution in [3.63, 3.8) is 0 Å². The number of benzene rings is 2. The van der Waals surface area contributed by atoms with Crippen LogP contribution in [0.4, 0.5) is 11.4 Å². The third kappa shape index (κ3) is 3.63. The van der Waals surface area contributed by atoms with E-state index in [4.69, 9.17) is 4.42 Å². The van der Waals surface area contributed by atoms with E-state index in [-0.39, 0.29) is 5.91 Å². The van der Waals surface area contributed by atoms with Gasteiger partial charge in [-0.1, -0.05) is 12.1 Å². The van der Waals surface area contributed by atoms with Crippen molar-refractivity contribution in [2.75, 3.05) is 24.3 Å². The highest BCUT2D eigenvalue weighted by Crippen LogP contribution is 2.21. The van der Waals surface area contributed by atoms with Gasteiger partial charge in [-0.2, -0.15) is 0 Å². The molecule has 0 radical (unpaired) electrons. The summed E-state index contributed by atoms with van der Waals surface area (Å²) >= 11 is 0. The van der Waals surface area contributed by atoms with Crippen molar-refractivity contribution in [3.05, 3.63) is 53.9 Å². The number of hydrogen-bond donors (Lipinski definition) is 1. The van der Waals surface area contributed by atoms with E-state index in [1.165, 1.54) is 6.92 Å². The minimum Gasteiger partial charge on any atom is -0.437 e. The summed E-state index contributed by atoms with van der Waals surface area (Å²) in [5.74, 6) is 0.417. The fourth-order valence-corrected chi connectivity index (χ4v) is 2.35. The normalized spacial score (nSPS) is 11.1. The molecule has 0 bridgehead atoms. The molecule has 24 heavy (non-hydrogen) atoms. The van der Waals surface area contributed by atoms with Crippen molar-refractivity contribution in [2.24, 2.45) is 0 Å². The number of nitrogens with one attached hydrogen (secondary N) is 1. The van der Waals surface area contributed by atoms with Gasteiger partial charge in [-0.25, -0.2) is 4.98 Å². The molecule has 3 rings (SSSR count). The molecule has 0 unspecified atom stereocenters. The fraction of sp³-hybridized carbons (Fsp3) is 0.158. The van der Waals surface area contributed by atoms with E-state index in [1.54, 1.807) is 18.2 Å². The summed E-state index contributed by atoms with van der Waals surface area (Å²) in [6.07, 6.45) is 3.79. The van der Waals surface area contributed by atoms with Gasteiger partial charge in [0.1, 0.15) is 5.52 Å². The molecule has 1 aromatic heterocycles. The fourth-order valence-electron chi connectivity index (χ4n) is 2.35. The first-order valence-corrected chi connectivity index (χ1v) is 7.65. The van der Waals surface area contributed by atoms with Gasteiger partial charge in [0.25, 0.3) is 0 Å². The van der Waals surface area contributed by atoms with Crippen LogP contribution in [0.3, 0.4) is 0 Å². The molecule has 1 heterocycles. The number of carbonyl (C=O) groups excluding carboxylic acids is 1. The molecule has 0 aliphatic rings. The SMILES string of the molecule is CC(=O)Nc1ccc2oc(/C=C/c3ccc(N(C)C)cc3)nc2c1. The number of amides is 1. The Morgan fingerprint density at radius 1 is 1.12 bits per heavy atom. The average Bonchev–Trinajstić information content (AvgIpc) is 2.95. The molecular weight excluding hydrogens is 302 g/mol. The first kappa shape index (κ1) is 15.8. The van der Waals surface area contributed by atoms with Crippen molar-refractivity contribution >= 4 is 40.5 Å². The van der Waals surface area contributed by atoms with Gasteiger partial charge in [-0.15, -0.1) is 0 Å². The molecule has 1 amide bonds. The third-order valence-electron chi connectivity index (χ3n) is 3.55. The molecule has 5 nitrogen and oxygen atoms in total. The quantitative estimate of drug-likeness (QED) is 0.788. The van der Waals surface area contributed by atoms with Crippen molar-refractivity contribution in [1.29, 1.82) is 0 Å². The highest BCUT2D eigenvalue weighted by Gasteiger charge is 2.05. The van der Waals surface area contributed by atoms with Gasteiger partial charge >= 0.3 is 0 Å². The number of fused-ring (bicyclic) bond motifs is 1. The van der Waals surface area contributed by atoms with E-state index >= 15 is 0 Å². The second-order valence-corrected chi connectivity index (χ2v) is 5.74. The van der Waals surface area contributed by atoms with E-state index < -0.39 is 0 Å². The molecule has 0 aliphatic carbocycles. The van der Waals surface area contributed by atoms with E-state index in [0.717, 1.165) is 11.3 Å². The molecule has 3 aromatic rings. The van der Waals surface area contributed by atoms with Gasteiger partial charge in [0.05, 0.1) is 0 Å². The molecule has 0 spiro atoms. The minimum atomic E-state index is -0.112. The highest BCUT2D eigenvalue weighted by atomic mass is 16.3. The van der Waals surface area contributed by atoms with E-state index in [2.05, 4.69) is 27.3 Å². The van der Waals surface area contributed by atoms with Crippen LogP contribution in [0.2, 0.25) is 0 Å². The second-order valence-electron chi connectivity index (χ2n) is 5.74. The summed E-state index contributed by atoms with van der Waals surface area (Å²) in [5, 5.41) is 2.74. The Labute approximate surface area is 140 Å². The maximum absolute atomic E-state index is 11.1. The van der Waals surface area contributed by atoms with Crippen molar-refractivity contribution in [3.8, 4) is 0 Å². The first-order chi connectivity index (χ1) is 11.5. The van der Waals surface area contributed by atoms with Crippen LogP contribution >= 0.6 is 0 Å². The Hall–Kier alpha value is -3.08. The molecule has 0 atom stereocenters. The summed E-state index contributed by atoms with van der Waals surface area (Å²) in [7, 11) is 4.02. The van der Waals surface area contributed by atoms with Crippen LogP contribution in [0.15, 0.2) is 46.9 Å². The Morgan fingerprint density at radius 3 is 2.54 bits per heavy atom. The minimum absolute atomic E-state index is 0.112. The van der Waals surface area contributed by atoms with Crippen LogP contribution in [0.25, 0.3) is 23.3 Å². The number of oxazole rings is 1. The van der Waals surface area contributed by atoms with Crippen LogP contribution in [0.5, 0.6) is 0 Å². The average molecular weight is 321 g/mol. The van der Waals surface area contributed by atoms with Gasteiger partial charge in [-0.3, -0.25) is 4.79 Å². The Bertz CT molecular complexity index is 893. The van der Waals surface area contributed by atoms with Crippen LogP contribution in [-0.4, -0.2) is 25.0 Å².